The van der Waals surface area contributed by atoms with Crippen molar-refractivity contribution in [3.05, 3.63) is 42.9 Å². The van der Waals surface area contributed by atoms with Crippen LogP contribution >= 0.6 is 0 Å². The van der Waals surface area contributed by atoms with E-state index < -0.39 is 0 Å². The highest BCUT2D eigenvalue weighted by Crippen LogP contribution is 2.28. The van der Waals surface area contributed by atoms with Crippen LogP contribution in [-0.4, -0.2) is 24.5 Å². The number of nitrogens with zero attached hydrogens (tertiary/aromatic N) is 6. The maximum atomic E-state index is 8.71. The third-order valence-electron chi connectivity index (χ3n) is 3.74. The topological polar surface area (TPSA) is 98.3 Å². The van der Waals surface area contributed by atoms with Crippen molar-refractivity contribution in [2.45, 2.75) is 13.0 Å². The largest absolute Gasteiger partial charge is 0.383 e. The molecule has 0 atom stereocenters. The number of fused-ring (bicyclic) bond motifs is 3. The summed E-state index contributed by atoms with van der Waals surface area (Å²) < 4.78 is 3.51. The quantitative estimate of drug-likeness (QED) is 0.626. The Balaban J connectivity index is 1.91. The summed E-state index contributed by atoms with van der Waals surface area (Å²) in [4.78, 5) is 4.49. The minimum absolute atomic E-state index is 0.405. The number of nitriles is 1. The molecular weight excluding hydrogens is 290 g/mol. The van der Waals surface area contributed by atoms with Gasteiger partial charge in [-0.25, -0.2) is 9.67 Å². The molecule has 0 bridgehead atoms. The molecule has 0 radical (unpaired) electrons. The van der Waals surface area contributed by atoms with Crippen LogP contribution in [0.3, 0.4) is 0 Å². The predicted octanol–water partition coefficient (Wildman–Crippen LogP) is 2.27. The molecule has 0 saturated carbocycles. The molecule has 0 saturated heterocycles. The molecular formula is C16H13N7. The number of pyridine rings is 1. The highest BCUT2D eigenvalue weighted by molar-refractivity contribution is 6.07. The van der Waals surface area contributed by atoms with E-state index >= 15 is 0 Å². The molecule has 0 aliphatic carbocycles. The fourth-order valence-electron chi connectivity index (χ4n) is 2.65. The molecule has 2 N–H and O–H groups in total. The minimum atomic E-state index is 0.405. The van der Waals surface area contributed by atoms with Gasteiger partial charge in [0.1, 0.15) is 11.3 Å². The van der Waals surface area contributed by atoms with Crippen LogP contribution in [0.1, 0.15) is 6.42 Å². The molecule has 0 fully saturated rings. The van der Waals surface area contributed by atoms with E-state index in [2.05, 4.69) is 21.3 Å². The number of nitrogen functional groups attached to an aromatic ring is 1. The number of rotatable bonds is 3. The van der Waals surface area contributed by atoms with Crippen molar-refractivity contribution >= 4 is 27.6 Å². The zero-order valence-corrected chi connectivity index (χ0v) is 12.2. The molecule has 4 rings (SSSR count). The molecule has 1 aromatic carbocycles. The third-order valence-corrected chi connectivity index (χ3v) is 3.74. The van der Waals surface area contributed by atoms with Crippen molar-refractivity contribution in [3.8, 4) is 11.8 Å². The van der Waals surface area contributed by atoms with Gasteiger partial charge in [-0.1, -0.05) is 0 Å². The molecule has 0 unspecified atom stereocenters. The highest BCUT2D eigenvalue weighted by atomic mass is 15.3. The molecule has 7 heteroatoms. The number of aromatic nitrogens is 5. The van der Waals surface area contributed by atoms with Gasteiger partial charge in [0.2, 0.25) is 0 Å². The molecule has 0 amide bonds. The van der Waals surface area contributed by atoms with Crippen LogP contribution < -0.4 is 5.73 Å². The number of hydrogen-bond donors (Lipinski definition) is 1. The predicted molar refractivity (Wildman–Crippen MR) is 86.8 cm³/mol. The lowest BCUT2D eigenvalue weighted by Crippen LogP contribution is -1.97. The number of benzene rings is 1. The minimum Gasteiger partial charge on any atom is -0.383 e. The Morgan fingerprint density at radius 2 is 2.17 bits per heavy atom. The molecule has 3 aromatic heterocycles. The van der Waals surface area contributed by atoms with Crippen molar-refractivity contribution in [2.75, 3.05) is 5.73 Å². The summed E-state index contributed by atoms with van der Waals surface area (Å²) >= 11 is 0. The molecule has 3 heterocycles. The molecule has 23 heavy (non-hydrogen) atoms. The summed E-state index contributed by atoms with van der Waals surface area (Å²) in [5, 5.41) is 19.2. The van der Waals surface area contributed by atoms with Crippen LogP contribution in [0, 0.1) is 11.3 Å². The Bertz CT molecular complexity index is 1040. The summed E-state index contributed by atoms with van der Waals surface area (Å²) in [6, 6.07) is 9.87. The van der Waals surface area contributed by atoms with Gasteiger partial charge < -0.3 is 5.73 Å². The van der Waals surface area contributed by atoms with Crippen LogP contribution in [0.2, 0.25) is 0 Å². The van der Waals surface area contributed by atoms with Crippen LogP contribution in [0.4, 0.5) is 5.82 Å². The monoisotopic (exact) mass is 303 g/mol. The molecule has 0 spiro atoms. The van der Waals surface area contributed by atoms with Crippen molar-refractivity contribution in [3.63, 3.8) is 0 Å². The summed E-state index contributed by atoms with van der Waals surface area (Å²) in [5.41, 5.74) is 8.57. The number of aryl methyl sites for hydroxylation is 1. The molecule has 112 valence electrons. The molecule has 0 aliphatic rings. The first kappa shape index (κ1) is 13.3. The van der Waals surface area contributed by atoms with Gasteiger partial charge in [0, 0.05) is 24.0 Å². The van der Waals surface area contributed by atoms with E-state index in [0.29, 0.717) is 18.8 Å². The average molecular weight is 303 g/mol. The van der Waals surface area contributed by atoms with Crippen molar-refractivity contribution in [1.29, 1.82) is 5.26 Å². The van der Waals surface area contributed by atoms with Crippen LogP contribution in [0.25, 0.3) is 27.5 Å². The second-order valence-electron chi connectivity index (χ2n) is 5.21. The fraction of sp³-hybridized carbons (Fsp3) is 0.125. The van der Waals surface area contributed by atoms with Crippen molar-refractivity contribution < 1.29 is 0 Å². The first-order valence-corrected chi connectivity index (χ1v) is 7.19. The Morgan fingerprint density at radius 3 is 2.96 bits per heavy atom. The van der Waals surface area contributed by atoms with Crippen LogP contribution in [0.5, 0.6) is 0 Å². The SMILES string of the molecule is N#CCCn1cc2c(N)nc3cc(-n4cccn4)ccc3c2n1. The fourth-order valence-corrected chi connectivity index (χ4v) is 2.65. The van der Waals surface area contributed by atoms with E-state index in [4.69, 9.17) is 11.0 Å². The van der Waals surface area contributed by atoms with Crippen molar-refractivity contribution in [1.82, 2.24) is 24.5 Å². The van der Waals surface area contributed by atoms with Gasteiger partial charge in [-0.2, -0.15) is 15.5 Å². The second kappa shape index (κ2) is 5.10. The van der Waals surface area contributed by atoms with E-state index in [0.717, 1.165) is 27.5 Å². The number of nitrogens with two attached hydrogens (primary N) is 1. The lowest BCUT2D eigenvalue weighted by molar-refractivity contribution is 0.635. The Hall–Kier alpha value is -3.40. The summed E-state index contributed by atoms with van der Waals surface area (Å²) in [7, 11) is 0. The van der Waals surface area contributed by atoms with E-state index in [1.807, 2.05) is 36.7 Å². The van der Waals surface area contributed by atoms with Gasteiger partial charge >= 0.3 is 0 Å². The molecule has 4 aromatic rings. The Labute approximate surface area is 131 Å². The van der Waals surface area contributed by atoms with E-state index in [-0.39, 0.29) is 0 Å². The molecule has 7 nitrogen and oxygen atoms in total. The van der Waals surface area contributed by atoms with Gasteiger partial charge in [-0.3, -0.25) is 4.68 Å². The lowest BCUT2D eigenvalue weighted by atomic mass is 10.1. The van der Waals surface area contributed by atoms with Gasteiger partial charge in [-0.15, -0.1) is 0 Å². The average Bonchev–Trinajstić information content (AvgIpc) is 3.22. The first-order valence-electron chi connectivity index (χ1n) is 7.19. The Kier molecular flexibility index (Phi) is 2.95. The number of hydrogen-bond acceptors (Lipinski definition) is 5. The molecule has 0 aliphatic heterocycles. The summed E-state index contributed by atoms with van der Waals surface area (Å²) in [5.74, 6) is 0.438. The van der Waals surface area contributed by atoms with Crippen LogP contribution in [0.15, 0.2) is 42.9 Å². The summed E-state index contributed by atoms with van der Waals surface area (Å²) in [6.07, 6.45) is 5.85. The smallest absolute Gasteiger partial charge is 0.135 e. The number of anilines is 1. The van der Waals surface area contributed by atoms with E-state index in [9.17, 15) is 0 Å². The third kappa shape index (κ3) is 2.17. The van der Waals surface area contributed by atoms with Gasteiger partial charge in [0.25, 0.3) is 0 Å². The lowest BCUT2D eigenvalue weighted by Gasteiger charge is -2.05. The Morgan fingerprint density at radius 1 is 1.26 bits per heavy atom. The summed E-state index contributed by atoms with van der Waals surface area (Å²) in [6.45, 7) is 0.539. The van der Waals surface area contributed by atoms with Gasteiger partial charge in [0.05, 0.1) is 35.6 Å². The normalized spacial score (nSPS) is 11.1. The van der Waals surface area contributed by atoms with Gasteiger partial charge in [-0.05, 0) is 24.3 Å². The van der Waals surface area contributed by atoms with Gasteiger partial charge in [0.15, 0.2) is 0 Å². The highest BCUT2D eigenvalue weighted by Gasteiger charge is 2.11. The maximum absolute atomic E-state index is 8.71. The standard InChI is InChI=1S/C16H13N7/c17-5-1-7-22-10-13-15(21-22)12-4-3-11(23-8-2-6-19-23)9-14(12)20-16(13)18/h2-4,6,8-10H,1,7H2,(H2,18,20). The first-order chi connectivity index (χ1) is 11.3. The maximum Gasteiger partial charge on any atom is 0.135 e. The zero-order valence-electron chi connectivity index (χ0n) is 12.2. The van der Waals surface area contributed by atoms with Crippen LogP contribution in [-0.2, 0) is 6.54 Å². The van der Waals surface area contributed by atoms with E-state index in [1.54, 1.807) is 15.6 Å². The second-order valence-corrected chi connectivity index (χ2v) is 5.21. The van der Waals surface area contributed by atoms with E-state index in [1.165, 1.54) is 0 Å². The zero-order chi connectivity index (χ0) is 15.8. The van der Waals surface area contributed by atoms with Crippen molar-refractivity contribution in [2.24, 2.45) is 0 Å².